The normalized spacial score (nSPS) is 12.8. The second kappa shape index (κ2) is 5.20. The van der Waals surface area contributed by atoms with Gasteiger partial charge in [0.1, 0.15) is 5.54 Å². The Morgan fingerprint density at radius 3 is 2.25 bits per heavy atom. The molecular formula is C9H16FN3O2S. The Labute approximate surface area is 99.3 Å². The summed E-state index contributed by atoms with van der Waals surface area (Å²) >= 11 is 3.79. The molecule has 1 atom stereocenters. The summed E-state index contributed by atoms with van der Waals surface area (Å²) in [4.78, 5) is 23.3. The lowest BCUT2D eigenvalue weighted by Crippen LogP contribution is -2.56. The summed E-state index contributed by atoms with van der Waals surface area (Å²) in [6.07, 6.45) is -1.60. The van der Waals surface area contributed by atoms with Crippen LogP contribution in [0, 0.1) is 0 Å². The molecule has 0 heterocycles. The lowest BCUT2D eigenvalue weighted by atomic mass is 10.1. The van der Waals surface area contributed by atoms with Crippen LogP contribution in [0.25, 0.3) is 0 Å². The Kier molecular flexibility index (Phi) is 4.80. The molecule has 0 saturated heterocycles. The molecule has 0 bridgehead atoms. The number of hydrogen-bond donors (Lipinski definition) is 3. The fourth-order valence-corrected chi connectivity index (χ4v) is 1.12. The summed E-state index contributed by atoms with van der Waals surface area (Å²) in [6.45, 7) is 7.32. The zero-order valence-corrected chi connectivity index (χ0v) is 10.3. The van der Waals surface area contributed by atoms with Crippen LogP contribution in [0.5, 0.6) is 0 Å². The number of nitrogens with one attached hydrogen (secondary N) is 1. The third-order valence-electron chi connectivity index (χ3n) is 1.89. The van der Waals surface area contributed by atoms with Crippen LogP contribution in [0.15, 0.2) is 11.6 Å². The summed E-state index contributed by atoms with van der Waals surface area (Å²) in [6, 6.07) is -0.821. The third-order valence-corrected chi connectivity index (χ3v) is 2.10. The van der Waals surface area contributed by atoms with E-state index in [4.69, 9.17) is 5.73 Å². The fourth-order valence-electron chi connectivity index (χ4n) is 0.873. The molecular weight excluding hydrogens is 233 g/mol. The number of amides is 3. The first-order valence-electron chi connectivity index (χ1n) is 4.53. The molecule has 0 aliphatic carbocycles. The van der Waals surface area contributed by atoms with Crippen LogP contribution < -0.4 is 11.1 Å². The van der Waals surface area contributed by atoms with E-state index in [2.05, 4.69) is 24.5 Å². The van der Waals surface area contributed by atoms with Gasteiger partial charge in [0.05, 0.1) is 5.03 Å². The molecule has 0 aromatic carbocycles. The van der Waals surface area contributed by atoms with Crippen LogP contribution in [-0.4, -0.2) is 28.7 Å². The number of carbonyl (C=O) groups excluding carboxylic acids is 2. The SMILES string of the molecule is C=C(S)N(C(=O)NC(C)(C)C(N)=O)C(C)F. The number of halogens is 1. The van der Waals surface area contributed by atoms with Crippen molar-refractivity contribution < 1.29 is 14.0 Å². The maximum Gasteiger partial charge on any atom is 0.325 e. The van der Waals surface area contributed by atoms with Crippen molar-refractivity contribution in [1.29, 1.82) is 0 Å². The van der Waals surface area contributed by atoms with Gasteiger partial charge < -0.3 is 11.1 Å². The minimum atomic E-state index is -1.60. The van der Waals surface area contributed by atoms with E-state index in [0.29, 0.717) is 4.90 Å². The van der Waals surface area contributed by atoms with E-state index >= 15 is 0 Å². The van der Waals surface area contributed by atoms with Crippen LogP contribution in [-0.2, 0) is 4.79 Å². The first kappa shape index (κ1) is 14.8. The summed E-state index contributed by atoms with van der Waals surface area (Å²) in [5, 5.41) is 2.22. The number of nitrogens with two attached hydrogens (primary N) is 1. The van der Waals surface area contributed by atoms with Crippen LogP contribution in [0.1, 0.15) is 20.8 Å². The van der Waals surface area contributed by atoms with E-state index in [1.807, 2.05) is 0 Å². The van der Waals surface area contributed by atoms with E-state index in [0.717, 1.165) is 6.92 Å². The highest BCUT2D eigenvalue weighted by Gasteiger charge is 2.31. The Morgan fingerprint density at radius 1 is 1.56 bits per heavy atom. The maximum absolute atomic E-state index is 13.1. The summed E-state index contributed by atoms with van der Waals surface area (Å²) in [5.41, 5.74) is 3.79. The van der Waals surface area contributed by atoms with Crippen molar-refractivity contribution in [1.82, 2.24) is 10.2 Å². The average Bonchev–Trinajstić information content (AvgIpc) is 1.99. The third kappa shape index (κ3) is 3.73. The van der Waals surface area contributed by atoms with Crippen LogP contribution in [0.2, 0.25) is 0 Å². The van der Waals surface area contributed by atoms with Gasteiger partial charge in [0.25, 0.3) is 0 Å². The number of nitrogens with zero attached hydrogens (tertiary/aromatic N) is 1. The van der Waals surface area contributed by atoms with Crippen LogP contribution in [0.3, 0.4) is 0 Å². The summed E-state index contributed by atoms with van der Waals surface area (Å²) < 4.78 is 13.1. The molecule has 92 valence electrons. The molecule has 1 unspecified atom stereocenters. The van der Waals surface area contributed by atoms with E-state index in [-0.39, 0.29) is 5.03 Å². The molecule has 0 spiro atoms. The largest absolute Gasteiger partial charge is 0.368 e. The monoisotopic (exact) mass is 249 g/mol. The lowest BCUT2D eigenvalue weighted by molar-refractivity contribution is -0.122. The topological polar surface area (TPSA) is 75.4 Å². The van der Waals surface area contributed by atoms with Gasteiger partial charge in [0.15, 0.2) is 6.30 Å². The van der Waals surface area contributed by atoms with Gasteiger partial charge in [-0.25, -0.2) is 9.18 Å². The highest BCUT2D eigenvalue weighted by Crippen LogP contribution is 2.14. The number of primary amides is 1. The molecule has 0 aliphatic rings. The van der Waals surface area contributed by atoms with E-state index < -0.39 is 23.8 Å². The predicted octanol–water partition coefficient (Wildman–Crippen LogP) is 0.978. The molecule has 0 aromatic rings. The Morgan fingerprint density at radius 2 is 2.00 bits per heavy atom. The molecule has 3 N–H and O–H groups in total. The first-order chi connectivity index (χ1) is 7.09. The Balaban J connectivity index is 4.80. The minimum absolute atomic E-state index is 0.0622. The standard InChI is InChI=1S/C9H16FN3O2S/c1-5(10)13(6(2)16)8(15)12-9(3,4)7(11)14/h5,16H,2H2,1,3-4H3,(H2,11,14)(H,12,15). The van der Waals surface area contributed by atoms with Crippen molar-refractivity contribution in [2.45, 2.75) is 32.6 Å². The van der Waals surface area contributed by atoms with Crippen LogP contribution in [0.4, 0.5) is 9.18 Å². The van der Waals surface area contributed by atoms with Crippen molar-refractivity contribution in [2.75, 3.05) is 0 Å². The maximum atomic E-state index is 13.1. The fraction of sp³-hybridized carbons (Fsp3) is 0.556. The second-order valence-electron chi connectivity index (χ2n) is 3.78. The molecule has 3 amide bonds. The van der Waals surface area contributed by atoms with Gasteiger partial charge in [0.2, 0.25) is 5.91 Å². The lowest BCUT2D eigenvalue weighted by Gasteiger charge is -2.29. The molecule has 16 heavy (non-hydrogen) atoms. The smallest absolute Gasteiger partial charge is 0.325 e. The summed E-state index contributed by atoms with van der Waals surface area (Å²) in [7, 11) is 0. The summed E-state index contributed by atoms with van der Waals surface area (Å²) in [5.74, 6) is -0.725. The zero-order valence-electron chi connectivity index (χ0n) is 9.45. The van der Waals surface area contributed by atoms with Crippen molar-refractivity contribution in [3.8, 4) is 0 Å². The van der Waals surface area contributed by atoms with Crippen molar-refractivity contribution in [3.05, 3.63) is 11.6 Å². The molecule has 7 heteroatoms. The molecule has 5 nitrogen and oxygen atoms in total. The average molecular weight is 249 g/mol. The van der Waals surface area contributed by atoms with E-state index in [1.165, 1.54) is 13.8 Å². The Bertz CT molecular complexity index is 318. The molecule has 0 aliphatic heterocycles. The van der Waals surface area contributed by atoms with E-state index in [9.17, 15) is 14.0 Å². The molecule has 0 saturated carbocycles. The number of rotatable bonds is 4. The molecule has 0 radical (unpaired) electrons. The van der Waals surface area contributed by atoms with Gasteiger partial charge in [0, 0.05) is 0 Å². The van der Waals surface area contributed by atoms with Crippen molar-refractivity contribution in [2.24, 2.45) is 5.73 Å². The van der Waals surface area contributed by atoms with Gasteiger partial charge in [-0.05, 0) is 20.8 Å². The molecule has 0 rings (SSSR count). The van der Waals surface area contributed by atoms with Gasteiger partial charge in [-0.1, -0.05) is 6.58 Å². The number of thiol groups is 1. The van der Waals surface area contributed by atoms with Gasteiger partial charge in [-0.3, -0.25) is 9.69 Å². The van der Waals surface area contributed by atoms with Crippen molar-refractivity contribution in [3.63, 3.8) is 0 Å². The molecule has 0 aromatic heterocycles. The Hall–Kier alpha value is -1.24. The highest BCUT2D eigenvalue weighted by molar-refractivity contribution is 7.84. The number of urea groups is 1. The second-order valence-corrected chi connectivity index (χ2v) is 4.30. The highest BCUT2D eigenvalue weighted by atomic mass is 32.1. The van der Waals surface area contributed by atoms with Crippen LogP contribution >= 0.6 is 12.6 Å². The first-order valence-corrected chi connectivity index (χ1v) is 4.97. The van der Waals surface area contributed by atoms with Gasteiger partial charge in [-0.2, -0.15) is 0 Å². The van der Waals surface area contributed by atoms with Gasteiger partial charge in [-0.15, -0.1) is 12.6 Å². The van der Waals surface area contributed by atoms with E-state index in [1.54, 1.807) is 0 Å². The van der Waals surface area contributed by atoms with Gasteiger partial charge >= 0.3 is 6.03 Å². The quantitative estimate of drug-likeness (QED) is 0.513. The molecule has 0 fully saturated rings. The van der Waals surface area contributed by atoms with Crippen molar-refractivity contribution >= 4 is 24.6 Å². The number of carbonyl (C=O) groups is 2. The zero-order chi connectivity index (χ0) is 13.1. The predicted molar refractivity (Wildman–Crippen MR) is 62.3 cm³/mol. The number of alkyl halides is 1. The minimum Gasteiger partial charge on any atom is -0.368 e. The number of hydrogen-bond acceptors (Lipinski definition) is 3.